The zero-order valence-corrected chi connectivity index (χ0v) is 19.4. The van der Waals surface area contributed by atoms with Crippen LogP contribution in [0, 0.1) is 0 Å². The number of hydrogen-bond acceptors (Lipinski definition) is 5. The Morgan fingerprint density at radius 2 is 1.82 bits per heavy atom. The molecule has 2 aliphatic heterocycles. The summed E-state index contributed by atoms with van der Waals surface area (Å²) in [7, 11) is 2.09. The third kappa shape index (κ3) is 3.52. The van der Waals surface area contributed by atoms with Crippen molar-refractivity contribution in [1.29, 1.82) is 0 Å². The first kappa shape index (κ1) is 21.1. The molecule has 6 rings (SSSR count). The maximum atomic E-state index is 13.7. The van der Waals surface area contributed by atoms with Gasteiger partial charge in [0, 0.05) is 25.2 Å². The van der Waals surface area contributed by atoms with Gasteiger partial charge in [-0.1, -0.05) is 42.5 Å². The summed E-state index contributed by atoms with van der Waals surface area (Å²) in [6.45, 7) is 2.11. The first-order valence-corrected chi connectivity index (χ1v) is 11.9. The van der Waals surface area contributed by atoms with Crippen molar-refractivity contribution in [1.82, 2.24) is 14.7 Å². The summed E-state index contributed by atoms with van der Waals surface area (Å²) in [5, 5.41) is 8.66. The highest BCUT2D eigenvalue weighted by atomic mass is 19.3. The quantitative estimate of drug-likeness (QED) is 0.557. The zero-order chi connectivity index (χ0) is 23.4. The molecule has 2 atom stereocenters. The largest absolute Gasteiger partial charge is 0.341 e. The Hall–Kier alpha value is -3.42. The lowest BCUT2D eigenvalue weighted by Gasteiger charge is -2.35. The highest BCUT2D eigenvalue weighted by Gasteiger charge is 2.46. The fourth-order valence-electron chi connectivity index (χ4n) is 5.39. The minimum Gasteiger partial charge on any atom is -0.341 e. The average Bonchev–Trinajstić information content (AvgIpc) is 3.49. The van der Waals surface area contributed by atoms with Crippen molar-refractivity contribution in [2.24, 2.45) is 4.99 Å². The first-order valence-electron chi connectivity index (χ1n) is 11.9. The molecule has 3 aliphatic rings. The number of nitrogens with zero attached hydrogens (tertiary/aromatic N) is 5. The second-order valence-corrected chi connectivity index (χ2v) is 9.61. The number of fused-ring (bicyclic) bond motifs is 5. The number of alkyl halides is 2. The van der Waals surface area contributed by atoms with Crippen molar-refractivity contribution in [3.8, 4) is 0 Å². The van der Waals surface area contributed by atoms with Crippen LogP contribution in [0.15, 0.2) is 59.6 Å². The summed E-state index contributed by atoms with van der Waals surface area (Å²) < 4.78 is 29.4. The second-order valence-electron chi connectivity index (χ2n) is 9.61. The molecule has 176 valence electrons. The Balaban J connectivity index is 1.41. The number of aromatic nitrogens is 2. The number of anilines is 3. The summed E-state index contributed by atoms with van der Waals surface area (Å²) in [6.07, 6.45) is 3.43. The lowest BCUT2D eigenvalue weighted by Crippen LogP contribution is -2.48. The van der Waals surface area contributed by atoms with E-state index < -0.39 is 5.92 Å². The van der Waals surface area contributed by atoms with Crippen LogP contribution in [-0.2, 0) is 19.0 Å². The van der Waals surface area contributed by atoms with Gasteiger partial charge in [0.05, 0.1) is 30.7 Å². The highest BCUT2D eigenvalue weighted by Crippen LogP contribution is 2.43. The summed E-state index contributed by atoms with van der Waals surface area (Å²) in [4.78, 5) is 9.55. The van der Waals surface area contributed by atoms with Crippen LogP contribution in [0.2, 0.25) is 0 Å². The highest BCUT2D eigenvalue weighted by molar-refractivity contribution is 6.01. The minimum absolute atomic E-state index is 0.0189. The Morgan fingerprint density at radius 3 is 2.56 bits per heavy atom. The number of hydrogen-bond donors (Lipinski definition) is 1. The van der Waals surface area contributed by atoms with E-state index in [0.717, 1.165) is 54.2 Å². The number of guanidine groups is 1. The van der Waals surface area contributed by atoms with E-state index in [4.69, 9.17) is 10.1 Å². The molecule has 1 saturated carbocycles. The molecule has 0 amide bonds. The van der Waals surface area contributed by atoms with E-state index in [0.29, 0.717) is 25.2 Å². The van der Waals surface area contributed by atoms with Gasteiger partial charge in [-0.15, -0.1) is 0 Å². The number of rotatable bonds is 5. The fourth-order valence-corrected chi connectivity index (χ4v) is 5.39. The van der Waals surface area contributed by atoms with Crippen molar-refractivity contribution < 1.29 is 8.78 Å². The van der Waals surface area contributed by atoms with Gasteiger partial charge in [0.1, 0.15) is 5.82 Å². The predicted molar refractivity (Wildman–Crippen MR) is 130 cm³/mol. The van der Waals surface area contributed by atoms with E-state index in [1.807, 2.05) is 35.0 Å². The van der Waals surface area contributed by atoms with E-state index in [9.17, 15) is 8.78 Å². The monoisotopic (exact) mass is 462 g/mol. The molecule has 0 spiro atoms. The van der Waals surface area contributed by atoms with Crippen molar-refractivity contribution in [2.45, 2.75) is 57.3 Å². The van der Waals surface area contributed by atoms with E-state index in [2.05, 4.69) is 22.2 Å². The number of nitrogens with one attached hydrogen (secondary N) is 1. The van der Waals surface area contributed by atoms with Crippen LogP contribution in [-0.4, -0.2) is 39.8 Å². The third-order valence-electron chi connectivity index (χ3n) is 7.10. The molecule has 1 fully saturated rings. The molecule has 0 bridgehead atoms. The van der Waals surface area contributed by atoms with Gasteiger partial charge in [-0.05, 0) is 37.0 Å². The lowest BCUT2D eigenvalue weighted by atomic mass is 10.1. The van der Waals surface area contributed by atoms with Gasteiger partial charge in [-0.25, -0.2) is 18.5 Å². The Kier molecular flexibility index (Phi) is 4.86. The van der Waals surface area contributed by atoms with Crippen LogP contribution in [0.5, 0.6) is 0 Å². The summed E-state index contributed by atoms with van der Waals surface area (Å²) in [5.74, 6) is 0.0459. The van der Waals surface area contributed by atoms with Crippen molar-refractivity contribution in [3.63, 3.8) is 0 Å². The smallest absolute Gasteiger partial charge is 0.270 e. The van der Waals surface area contributed by atoms with Crippen molar-refractivity contribution in [3.05, 3.63) is 71.3 Å². The van der Waals surface area contributed by atoms with E-state index in [1.165, 1.54) is 18.6 Å². The van der Waals surface area contributed by atoms with Gasteiger partial charge in [0.25, 0.3) is 5.92 Å². The summed E-state index contributed by atoms with van der Waals surface area (Å²) in [5.41, 5.74) is 3.06. The maximum absolute atomic E-state index is 13.7. The molecule has 3 heterocycles. The van der Waals surface area contributed by atoms with Crippen LogP contribution in [0.4, 0.5) is 26.1 Å². The predicted octanol–water partition coefficient (Wildman–Crippen LogP) is 5.33. The molecule has 1 N–H and O–H groups in total. The molecule has 2 aromatic carbocycles. The summed E-state index contributed by atoms with van der Waals surface area (Å²) >= 11 is 0. The van der Waals surface area contributed by atoms with Gasteiger partial charge in [-0.2, -0.15) is 5.10 Å². The molecule has 0 radical (unpaired) electrons. The minimum atomic E-state index is -2.85. The molecule has 1 aliphatic carbocycles. The topological polar surface area (TPSA) is 48.7 Å². The third-order valence-corrected chi connectivity index (χ3v) is 7.10. The van der Waals surface area contributed by atoms with Gasteiger partial charge < -0.3 is 10.2 Å². The van der Waals surface area contributed by atoms with Gasteiger partial charge in [0.15, 0.2) is 5.82 Å². The van der Waals surface area contributed by atoms with Gasteiger partial charge >= 0.3 is 0 Å². The Morgan fingerprint density at radius 1 is 1.06 bits per heavy atom. The average molecular weight is 463 g/mol. The standard InChI is InChI=1S/C26H28F2N6/c1-26(27,28)18-13-11-17(12-14-18)15-33-23(29-19-7-4-3-5-8-19)20-16-32(2)25-30-21-9-6-10-22(21)34(25)24(20)31-33/h3-5,7-8,11-14,21-22,29H,6,9-10,15-16H2,1-2H3/t21-,22+/m1/s1. The van der Waals surface area contributed by atoms with Crippen LogP contribution in [0.3, 0.4) is 0 Å². The normalized spacial score (nSPS) is 21.2. The zero-order valence-electron chi connectivity index (χ0n) is 19.4. The lowest BCUT2D eigenvalue weighted by molar-refractivity contribution is 0.0174. The van der Waals surface area contributed by atoms with Crippen LogP contribution < -0.4 is 10.2 Å². The van der Waals surface area contributed by atoms with Gasteiger partial charge in [-0.3, -0.25) is 4.90 Å². The fraction of sp³-hybridized carbons (Fsp3) is 0.385. The number of benzene rings is 2. The molecule has 3 aromatic rings. The van der Waals surface area contributed by atoms with Crippen LogP contribution in [0.25, 0.3) is 0 Å². The number of halogens is 2. The Labute approximate surface area is 197 Å². The maximum Gasteiger partial charge on any atom is 0.270 e. The first-order chi connectivity index (χ1) is 16.4. The molecule has 0 saturated heterocycles. The number of para-hydroxylation sites is 1. The summed E-state index contributed by atoms with van der Waals surface area (Å²) in [6, 6.07) is 17.3. The molecule has 1 aromatic heterocycles. The van der Waals surface area contributed by atoms with Crippen molar-refractivity contribution in [2.75, 3.05) is 17.3 Å². The second kappa shape index (κ2) is 7.82. The molecular weight excluding hydrogens is 434 g/mol. The van der Waals surface area contributed by atoms with Crippen molar-refractivity contribution >= 4 is 23.3 Å². The van der Waals surface area contributed by atoms with E-state index in [-0.39, 0.29) is 5.56 Å². The number of aliphatic imine (C=N–C) groups is 1. The van der Waals surface area contributed by atoms with Crippen LogP contribution in [0.1, 0.15) is 42.9 Å². The Bertz CT molecular complexity index is 1230. The molecule has 6 nitrogen and oxygen atoms in total. The van der Waals surface area contributed by atoms with Crippen LogP contribution >= 0.6 is 0 Å². The molecule has 0 unspecified atom stereocenters. The SMILES string of the molecule is CN1Cc2c(nn(Cc3ccc(C(C)(F)F)cc3)c2Nc2ccccc2)N2C1=N[C@@H]1CCC[C@@H]12. The van der Waals surface area contributed by atoms with E-state index in [1.54, 1.807) is 12.1 Å². The molecule has 8 heteroatoms. The molecular formula is C26H28F2N6. The van der Waals surface area contributed by atoms with E-state index >= 15 is 0 Å². The molecule has 34 heavy (non-hydrogen) atoms. The van der Waals surface area contributed by atoms with Gasteiger partial charge in [0.2, 0.25) is 5.96 Å².